The fourth-order valence-electron chi connectivity index (χ4n) is 4.88. The molecule has 3 aliphatic rings. The molecule has 22 heteroatoms. The van der Waals surface area contributed by atoms with Gasteiger partial charge in [-0.3, -0.25) is 9.11 Å². The van der Waals surface area contributed by atoms with Crippen molar-refractivity contribution >= 4 is 20.8 Å². The van der Waals surface area contributed by atoms with Crippen molar-refractivity contribution in [1.29, 1.82) is 0 Å². The molecule has 3 fully saturated rings. The SMILES string of the molecule is C[C@@H]1O[C@@H](OC[C@H]2[C@@H](OS(=O)(=O)O)[C@H](O)[C@H](OC[C@H]3[C@@H](O)[C@@H](CO)OC(O)[C@@H]3O)O[C@H]2C)[C@@H](O)[C@H](OS(=O)(=O)O)[C@@H]1O. The fraction of sp³-hybridized carbons (Fsp3) is 1.00. The maximum atomic E-state index is 11.6. The van der Waals surface area contributed by atoms with Crippen LogP contribution in [0.2, 0.25) is 0 Å². The van der Waals surface area contributed by atoms with Crippen molar-refractivity contribution in [3.05, 3.63) is 0 Å². The van der Waals surface area contributed by atoms with Gasteiger partial charge >= 0.3 is 20.8 Å². The number of aliphatic hydroxyl groups excluding tert-OH is 7. The predicted octanol–water partition coefficient (Wildman–Crippen LogP) is -5.37. The first-order valence-electron chi connectivity index (χ1n) is 12.5. The van der Waals surface area contributed by atoms with Crippen LogP contribution in [0.15, 0.2) is 0 Å². The summed E-state index contributed by atoms with van der Waals surface area (Å²) >= 11 is 0. The van der Waals surface area contributed by atoms with E-state index >= 15 is 0 Å². The van der Waals surface area contributed by atoms with Crippen molar-refractivity contribution in [2.75, 3.05) is 19.8 Å². The Hall–Kier alpha value is -0.740. The van der Waals surface area contributed by atoms with E-state index in [1.165, 1.54) is 13.8 Å². The number of hydrogen-bond donors (Lipinski definition) is 9. The van der Waals surface area contributed by atoms with Crippen molar-refractivity contribution in [2.45, 2.75) is 93.8 Å². The largest absolute Gasteiger partial charge is 0.397 e. The molecule has 0 radical (unpaired) electrons. The van der Waals surface area contributed by atoms with Crippen LogP contribution in [-0.4, -0.2) is 161 Å². The molecule has 3 rings (SSSR count). The number of hydrogen-bond acceptors (Lipinski definition) is 18. The second-order valence-electron chi connectivity index (χ2n) is 10.1. The topological polar surface area (TPSA) is 315 Å². The van der Waals surface area contributed by atoms with Crippen molar-refractivity contribution in [2.24, 2.45) is 11.8 Å². The van der Waals surface area contributed by atoms with Gasteiger partial charge in [-0.15, -0.1) is 0 Å². The summed E-state index contributed by atoms with van der Waals surface area (Å²) in [5, 5.41) is 71.1. The molecule has 248 valence electrons. The van der Waals surface area contributed by atoms with Crippen LogP contribution in [0.4, 0.5) is 0 Å². The molecule has 3 saturated heterocycles. The number of rotatable bonds is 11. The molecule has 0 amide bonds. The summed E-state index contributed by atoms with van der Waals surface area (Å²) in [6.07, 6.45) is -21.5. The quantitative estimate of drug-likeness (QED) is 0.0934. The van der Waals surface area contributed by atoms with Gasteiger partial charge in [-0.1, -0.05) is 0 Å². The summed E-state index contributed by atoms with van der Waals surface area (Å²) in [4.78, 5) is 0. The van der Waals surface area contributed by atoms with E-state index in [0.717, 1.165) is 0 Å². The molecule has 0 aliphatic carbocycles. The lowest BCUT2D eigenvalue weighted by Crippen LogP contribution is -2.61. The van der Waals surface area contributed by atoms with Crippen LogP contribution in [0, 0.1) is 11.8 Å². The summed E-state index contributed by atoms with van der Waals surface area (Å²) in [6.45, 7) is 0.659. The van der Waals surface area contributed by atoms with Gasteiger partial charge in [0.05, 0.1) is 38.1 Å². The molecule has 0 aromatic carbocycles. The minimum absolute atomic E-state index is 0.606. The molecule has 0 bridgehead atoms. The summed E-state index contributed by atoms with van der Waals surface area (Å²) < 4.78 is 99.4. The average molecular weight is 661 g/mol. The lowest BCUT2D eigenvalue weighted by Gasteiger charge is -2.45. The summed E-state index contributed by atoms with van der Waals surface area (Å²) in [7, 11) is -10.3. The fourth-order valence-corrected chi connectivity index (χ4v) is 5.93. The van der Waals surface area contributed by atoms with Crippen LogP contribution in [0.1, 0.15) is 13.8 Å². The zero-order valence-corrected chi connectivity index (χ0v) is 23.7. The Kier molecular flexibility index (Phi) is 12.0. The number of aliphatic hydroxyl groups is 7. The predicted molar refractivity (Wildman–Crippen MR) is 128 cm³/mol. The molecule has 3 heterocycles. The average Bonchev–Trinajstić information content (AvgIpc) is 2.87. The van der Waals surface area contributed by atoms with Gasteiger partial charge in [-0.25, -0.2) is 8.37 Å². The maximum Gasteiger partial charge on any atom is 0.397 e. The first-order chi connectivity index (χ1) is 19.3. The zero-order valence-electron chi connectivity index (χ0n) is 22.1. The first-order valence-corrected chi connectivity index (χ1v) is 15.3. The Labute approximate surface area is 240 Å². The molecular formula is C20H36O20S2. The second-order valence-corrected chi connectivity index (χ2v) is 12.2. The van der Waals surface area contributed by atoms with E-state index in [1.54, 1.807) is 0 Å². The summed E-state index contributed by atoms with van der Waals surface area (Å²) in [6, 6.07) is 0. The Bertz CT molecular complexity index is 1090. The highest BCUT2D eigenvalue weighted by atomic mass is 32.3. The standard InChI is InChI=1S/C20H36O20S2/c1-6-8(4-34-20-15(26)17(40-42(31,32)33)11(22)7(2)37-20)16(39-41(28,29)30)14(25)19(36-6)35-5-9-12(23)10(3-21)38-18(27)13(9)24/h6-27H,3-5H2,1-2H3,(H,28,29,30)(H,31,32,33)/t6-,7-,8+,9-,10+,11+,12+,13+,14-,15-,16+,17+,18?,19+,20+/m0/s1. The van der Waals surface area contributed by atoms with Crippen LogP contribution in [0.3, 0.4) is 0 Å². The highest BCUT2D eigenvalue weighted by Crippen LogP contribution is 2.34. The normalized spacial score (nSPS) is 45.5. The van der Waals surface area contributed by atoms with Gasteiger partial charge in [0.1, 0.15) is 42.7 Å². The first kappa shape index (κ1) is 35.7. The highest BCUT2D eigenvalue weighted by molar-refractivity contribution is 7.81. The van der Waals surface area contributed by atoms with Crippen LogP contribution >= 0.6 is 0 Å². The van der Waals surface area contributed by atoms with E-state index in [2.05, 4.69) is 8.37 Å². The van der Waals surface area contributed by atoms with Crippen molar-refractivity contribution in [3.8, 4) is 0 Å². The molecule has 0 aromatic rings. The minimum Gasteiger partial charge on any atom is -0.394 e. The summed E-state index contributed by atoms with van der Waals surface area (Å²) in [5.41, 5.74) is 0. The Balaban J connectivity index is 1.73. The molecule has 15 atom stereocenters. The van der Waals surface area contributed by atoms with E-state index in [4.69, 9.17) is 28.2 Å². The van der Waals surface area contributed by atoms with Crippen molar-refractivity contribution < 1.29 is 93.7 Å². The second kappa shape index (κ2) is 14.1. The highest BCUT2D eigenvalue weighted by Gasteiger charge is 2.51. The molecule has 9 N–H and O–H groups in total. The zero-order chi connectivity index (χ0) is 31.7. The molecule has 1 unspecified atom stereocenters. The van der Waals surface area contributed by atoms with Gasteiger partial charge in [-0.05, 0) is 13.8 Å². The third-order valence-electron chi connectivity index (χ3n) is 7.19. The lowest BCUT2D eigenvalue weighted by molar-refractivity contribution is -0.320. The van der Waals surface area contributed by atoms with Gasteiger partial charge in [0, 0.05) is 11.8 Å². The van der Waals surface area contributed by atoms with Gasteiger partial charge in [-0.2, -0.15) is 16.8 Å². The lowest BCUT2D eigenvalue weighted by atomic mass is 9.89. The van der Waals surface area contributed by atoms with E-state index in [1.807, 2.05) is 0 Å². The molecule has 0 saturated carbocycles. The smallest absolute Gasteiger partial charge is 0.394 e. The monoisotopic (exact) mass is 660 g/mol. The van der Waals surface area contributed by atoms with Crippen molar-refractivity contribution in [3.63, 3.8) is 0 Å². The van der Waals surface area contributed by atoms with Gasteiger partial charge < -0.3 is 59.4 Å². The molecule has 20 nitrogen and oxygen atoms in total. The van der Waals surface area contributed by atoms with Gasteiger partial charge in [0.25, 0.3) is 0 Å². The van der Waals surface area contributed by atoms with Crippen molar-refractivity contribution in [1.82, 2.24) is 0 Å². The van der Waals surface area contributed by atoms with Gasteiger partial charge in [0.15, 0.2) is 18.9 Å². The van der Waals surface area contributed by atoms with E-state index < -0.39 is 132 Å². The number of ether oxygens (including phenoxy) is 5. The molecule has 42 heavy (non-hydrogen) atoms. The van der Waals surface area contributed by atoms with Crippen LogP contribution < -0.4 is 0 Å². The third kappa shape index (κ3) is 8.70. The molecule has 3 aliphatic heterocycles. The van der Waals surface area contributed by atoms with Crippen LogP contribution in [0.25, 0.3) is 0 Å². The summed E-state index contributed by atoms with van der Waals surface area (Å²) in [5.74, 6) is -2.53. The molecule has 0 spiro atoms. The molecule has 0 aromatic heterocycles. The Morgan fingerprint density at radius 1 is 0.619 bits per heavy atom. The Morgan fingerprint density at radius 2 is 1.10 bits per heavy atom. The van der Waals surface area contributed by atoms with Crippen LogP contribution in [0.5, 0.6) is 0 Å². The van der Waals surface area contributed by atoms with Gasteiger partial charge in [0.2, 0.25) is 0 Å². The van der Waals surface area contributed by atoms with E-state index in [9.17, 15) is 57.1 Å². The van der Waals surface area contributed by atoms with E-state index in [-0.39, 0.29) is 0 Å². The molecular weight excluding hydrogens is 624 g/mol. The maximum absolute atomic E-state index is 11.6. The van der Waals surface area contributed by atoms with Crippen LogP contribution in [-0.2, 0) is 52.8 Å². The minimum atomic E-state index is -5.22. The van der Waals surface area contributed by atoms with E-state index in [0.29, 0.717) is 0 Å². The Morgan fingerprint density at radius 3 is 1.62 bits per heavy atom. The third-order valence-corrected chi connectivity index (χ3v) is 8.12.